The van der Waals surface area contributed by atoms with Gasteiger partial charge in [0.2, 0.25) is 0 Å². The first kappa shape index (κ1) is 24.3. The number of carbonyl (C=O) groups is 2. The van der Waals surface area contributed by atoms with Crippen LogP contribution in [-0.4, -0.2) is 35.8 Å². The number of methoxy groups -OCH3 is 1. The summed E-state index contributed by atoms with van der Waals surface area (Å²) in [4.78, 5) is 28.0. The number of benzene rings is 1. The van der Waals surface area contributed by atoms with Crippen molar-refractivity contribution in [1.29, 1.82) is 0 Å². The fraction of sp³-hybridized carbons (Fsp3) is 0.278. The monoisotopic (exact) mass is 469 g/mol. The molecule has 0 aliphatic carbocycles. The molecule has 1 aromatic carbocycles. The number of carbonyl (C=O) groups excluding carboxylic acids is 2. The quantitative estimate of drug-likeness (QED) is 0.387. The number of anilines is 1. The maximum absolute atomic E-state index is 14.0. The van der Waals surface area contributed by atoms with E-state index in [1.54, 1.807) is 5.32 Å². The Hall–Kier alpha value is -3.02. The van der Waals surface area contributed by atoms with Gasteiger partial charge in [0.15, 0.2) is 0 Å². The van der Waals surface area contributed by atoms with E-state index in [0.29, 0.717) is 18.7 Å². The summed E-state index contributed by atoms with van der Waals surface area (Å²) in [5.41, 5.74) is -5.13. The van der Waals surface area contributed by atoms with Gasteiger partial charge in [-0.1, -0.05) is 29.8 Å². The SMILES string of the molecule is COC(=O)C(NC(=O)c1ccccc1C)(Nc1ncc(C(F)(F)F)cc1Cl)C(F)(F)F. The maximum atomic E-state index is 14.0. The molecule has 0 spiro atoms. The van der Waals surface area contributed by atoms with Crippen molar-refractivity contribution in [2.75, 3.05) is 12.4 Å². The third kappa shape index (κ3) is 5.01. The van der Waals surface area contributed by atoms with E-state index >= 15 is 0 Å². The average Bonchev–Trinajstić information content (AvgIpc) is 2.66. The van der Waals surface area contributed by atoms with Crippen LogP contribution in [0.4, 0.5) is 32.2 Å². The van der Waals surface area contributed by atoms with Crippen molar-refractivity contribution in [3.8, 4) is 0 Å². The minimum Gasteiger partial charge on any atom is -0.466 e. The van der Waals surface area contributed by atoms with E-state index in [0.717, 1.165) is 0 Å². The number of hydrogen-bond acceptors (Lipinski definition) is 5. The van der Waals surface area contributed by atoms with E-state index in [-0.39, 0.29) is 11.8 Å². The highest BCUT2D eigenvalue weighted by atomic mass is 35.5. The first-order valence-corrected chi connectivity index (χ1v) is 8.65. The van der Waals surface area contributed by atoms with E-state index in [4.69, 9.17) is 11.6 Å². The van der Waals surface area contributed by atoms with Crippen LogP contribution in [0.2, 0.25) is 5.02 Å². The minimum absolute atomic E-state index is 0.187. The lowest BCUT2D eigenvalue weighted by atomic mass is 10.1. The van der Waals surface area contributed by atoms with Crippen LogP contribution in [0.25, 0.3) is 0 Å². The topological polar surface area (TPSA) is 80.3 Å². The predicted molar refractivity (Wildman–Crippen MR) is 97.3 cm³/mol. The van der Waals surface area contributed by atoms with Crippen molar-refractivity contribution in [2.45, 2.75) is 24.9 Å². The van der Waals surface area contributed by atoms with Crippen LogP contribution in [0.15, 0.2) is 36.5 Å². The van der Waals surface area contributed by atoms with Gasteiger partial charge in [-0.15, -0.1) is 0 Å². The van der Waals surface area contributed by atoms with Crippen LogP contribution in [0.1, 0.15) is 21.5 Å². The molecule has 1 aromatic heterocycles. The summed E-state index contributed by atoms with van der Waals surface area (Å²) in [6.07, 6.45) is -10.2. The number of ether oxygens (including phenoxy) is 1. The Balaban J connectivity index is 2.57. The second-order valence-corrected chi connectivity index (χ2v) is 6.59. The molecule has 0 aliphatic rings. The molecule has 0 fully saturated rings. The Kier molecular flexibility index (Phi) is 6.74. The van der Waals surface area contributed by atoms with Crippen LogP contribution in [0.3, 0.4) is 0 Å². The lowest BCUT2D eigenvalue weighted by Gasteiger charge is -2.35. The molecule has 1 amide bonds. The highest BCUT2D eigenvalue weighted by Gasteiger charge is 2.64. The van der Waals surface area contributed by atoms with Crippen LogP contribution in [0.5, 0.6) is 0 Å². The Labute approximate surface area is 176 Å². The third-order valence-electron chi connectivity index (χ3n) is 4.08. The van der Waals surface area contributed by atoms with Gasteiger partial charge in [-0.25, -0.2) is 9.78 Å². The molecule has 1 heterocycles. The molecule has 0 saturated carbocycles. The highest BCUT2D eigenvalue weighted by molar-refractivity contribution is 6.33. The van der Waals surface area contributed by atoms with E-state index < -0.39 is 46.3 Å². The number of amides is 1. The zero-order chi connectivity index (χ0) is 23.6. The number of nitrogens with zero attached hydrogens (tertiary/aromatic N) is 1. The summed E-state index contributed by atoms with van der Waals surface area (Å²) in [5.74, 6) is -4.25. The Morgan fingerprint density at radius 1 is 1.10 bits per heavy atom. The fourth-order valence-electron chi connectivity index (χ4n) is 2.47. The van der Waals surface area contributed by atoms with E-state index in [9.17, 15) is 35.9 Å². The Bertz CT molecular complexity index is 996. The standard InChI is InChI=1S/C18H14ClF6N3O3/c1-9-5-3-4-6-11(9)14(29)28-16(15(30)31-2,18(23,24)25)27-13-12(19)7-10(8-26-13)17(20,21)22/h3-8H,1-2H3,(H,26,27)(H,28,29). The molecule has 0 aliphatic heterocycles. The lowest BCUT2D eigenvalue weighted by molar-refractivity contribution is -0.203. The summed E-state index contributed by atoms with van der Waals surface area (Å²) in [6.45, 7) is 1.45. The predicted octanol–water partition coefficient (Wildman–Crippen LogP) is 4.34. The van der Waals surface area contributed by atoms with Gasteiger partial charge >= 0.3 is 24.0 Å². The Morgan fingerprint density at radius 2 is 1.71 bits per heavy atom. The lowest BCUT2D eigenvalue weighted by Crippen LogP contribution is -2.69. The number of alkyl halides is 6. The van der Waals surface area contributed by atoms with Crippen molar-refractivity contribution in [1.82, 2.24) is 10.3 Å². The summed E-state index contributed by atoms with van der Waals surface area (Å²) < 4.78 is 84.7. The number of rotatable bonds is 5. The van der Waals surface area contributed by atoms with E-state index in [1.807, 2.05) is 0 Å². The van der Waals surface area contributed by atoms with Crippen molar-refractivity contribution in [3.63, 3.8) is 0 Å². The molecule has 13 heteroatoms. The first-order chi connectivity index (χ1) is 14.2. The van der Waals surface area contributed by atoms with Gasteiger partial charge in [0.05, 0.1) is 17.7 Å². The molecule has 168 valence electrons. The fourth-order valence-corrected chi connectivity index (χ4v) is 2.69. The van der Waals surface area contributed by atoms with E-state index in [2.05, 4.69) is 9.72 Å². The van der Waals surface area contributed by atoms with Crippen molar-refractivity contribution >= 4 is 29.3 Å². The number of nitrogens with one attached hydrogen (secondary N) is 2. The summed E-state index contributed by atoms with van der Waals surface area (Å²) in [7, 11) is 0.631. The third-order valence-corrected chi connectivity index (χ3v) is 4.37. The van der Waals surface area contributed by atoms with Crippen LogP contribution in [0, 0.1) is 6.92 Å². The average molecular weight is 470 g/mol. The second kappa shape index (κ2) is 8.61. The molecular formula is C18H14ClF6N3O3. The van der Waals surface area contributed by atoms with Gasteiger partial charge in [0.1, 0.15) is 5.82 Å². The molecule has 0 bridgehead atoms. The van der Waals surface area contributed by atoms with Gasteiger partial charge in [0.25, 0.3) is 5.91 Å². The van der Waals surface area contributed by atoms with Gasteiger partial charge in [-0.3, -0.25) is 4.79 Å². The number of hydrogen-bond donors (Lipinski definition) is 2. The number of esters is 1. The smallest absolute Gasteiger partial charge is 0.441 e. The zero-order valence-corrected chi connectivity index (χ0v) is 16.5. The second-order valence-electron chi connectivity index (χ2n) is 6.19. The van der Waals surface area contributed by atoms with Gasteiger partial charge in [-0.05, 0) is 24.6 Å². The van der Waals surface area contributed by atoms with Crippen molar-refractivity contribution in [3.05, 3.63) is 58.2 Å². The number of pyridine rings is 1. The maximum Gasteiger partial charge on any atom is 0.441 e. The molecule has 0 saturated heterocycles. The van der Waals surface area contributed by atoms with Crippen molar-refractivity contribution in [2.24, 2.45) is 0 Å². The van der Waals surface area contributed by atoms with Crippen molar-refractivity contribution < 1.29 is 40.7 Å². The molecule has 2 rings (SSSR count). The highest BCUT2D eigenvalue weighted by Crippen LogP contribution is 2.37. The van der Waals surface area contributed by atoms with Crippen LogP contribution < -0.4 is 10.6 Å². The van der Waals surface area contributed by atoms with Gasteiger partial charge in [0, 0.05) is 11.8 Å². The molecular weight excluding hydrogens is 456 g/mol. The largest absolute Gasteiger partial charge is 0.466 e. The molecule has 1 atom stereocenters. The van der Waals surface area contributed by atoms with Crippen LogP contribution in [-0.2, 0) is 15.7 Å². The summed E-state index contributed by atoms with van der Waals surface area (Å²) in [6, 6.07) is 5.90. The molecule has 2 N–H and O–H groups in total. The zero-order valence-electron chi connectivity index (χ0n) is 15.8. The molecule has 1 unspecified atom stereocenters. The summed E-state index contributed by atoms with van der Waals surface area (Å²) in [5, 5.41) is 2.26. The minimum atomic E-state index is -5.52. The molecule has 0 radical (unpaired) electrons. The summed E-state index contributed by atoms with van der Waals surface area (Å²) >= 11 is 5.66. The van der Waals surface area contributed by atoms with Crippen LogP contribution >= 0.6 is 11.6 Å². The van der Waals surface area contributed by atoms with Gasteiger partial charge < -0.3 is 15.4 Å². The van der Waals surface area contributed by atoms with E-state index in [1.165, 1.54) is 36.5 Å². The van der Waals surface area contributed by atoms with Gasteiger partial charge in [-0.2, -0.15) is 26.3 Å². The number of aromatic nitrogens is 1. The molecule has 6 nitrogen and oxygen atoms in total. The number of aryl methyl sites for hydroxylation is 1. The number of halogens is 7. The Morgan fingerprint density at radius 3 is 2.19 bits per heavy atom. The first-order valence-electron chi connectivity index (χ1n) is 8.27. The normalized spacial score (nSPS) is 13.8. The molecule has 2 aromatic rings. The molecule has 31 heavy (non-hydrogen) atoms.